The van der Waals surface area contributed by atoms with Gasteiger partial charge in [0.15, 0.2) is 0 Å². The van der Waals surface area contributed by atoms with Crippen LogP contribution in [0.5, 0.6) is 0 Å². The predicted octanol–water partition coefficient (Wildman–Crippen LogP) is 2.43. The Labute approximate surface area is 161 Å². The lowest BCUT2D eigenvalue weighted by Crippen LogP contribution is -2.58. The number of nitrogens with zero attached hydrogens (tertiary/aromatic N) is 2. The van der Waals surface area contributed by atoms with Gasteiger partial charge in [0.2, 0.25) is 5.91 Å². The van der Waals surface area contributed by atoms with E-state index < -0.39 is 0 Å². The summed E-state index contributed by atoms with van der Waals surface area (Å²) in [6.07, 6.45) is 1.90. The van der Waals surface area contributed by atoms with Crippen molar-refractivity contribution in [2.24, 2.45) is 0 Å². The van der Waals surface area contributed by atoms with Gasteiger partial charge in [0, 0.05) is 49.4 Å². The molecule has 0 aromatic heterocycles. The third kappa shape index (κ3) is 4.68. The third-order valence-corrected chi connectivity index (χ3v) is 5.47. The molecule has 6 heteroatoms. The van der Waals surface area contributed by atoms with Gasteiger partial charge in [-0.3, -0.25) is 14.5 Å². The van der Waals surface area contributed by atoms with Crippen molar-refractivity contribution in [2.75, 3.05) is 31.1 Å². The zero-order valence-electron chi connectivity index (χ0n) is 16.8. The molecular weight excluding hydrogens is 342 g/mol. The van der Waals surface area contributed by atoms with Crippen LogP contribution in [0.15, 0.2) is 24.3 Å². The molecule has 2 amide bonds. The topological polar surface area (TPSA) is 61.9 Å². The molecule has 2 aliphatic rings. The highest BCUT2D eigenvalue weighted by Crippen LogP contribution is 2.23. The number of hydrogen-bond acceptors (Lipinski definition) is 4. The smallest absolute Gasteiger partial charge is 0.251 e. The minimum absolute atomic E-state index is 0.0864. The number of rotatable bonds is 5. The van der Waals surface area contributed by atoms with Gasteiger partial charge in [0.25, 0.3) is 5.91 Å². The second kappa shape index (κ2) is 7.98. The number of ether oxygens (including phenoxy) is 1. The van der Waals surface area contributed by atoms with E-state index in [-0.39, 0.29) is 29.6 Å². The van der Waals surface area contributed by atoms with Gasteiger partial charge in [-0.25, -0.2) is 0 Å². The van der Waals surface area contributed by atoms with E-state index in [2.05, 4.69) is 37.9 Å². The van der Waals surface area contributed by atoms with Gasteiger partial charge in [-0.15, -0.1) is 0 Å². The second-order valence-corrected chi connectivity index (χ2v) is 8.35. The molecule has 2 atom stereocenters. The predicted molar refractivity (Wildman–Crippen MR) is 106 cm³/mol. The maximum absolute atomic E-state index is 12.6. The Bertz CT molecular complexity index is 676. The molecule has 27 heavy (non-hydrogen) atoms. The van der Waals surface area contributed by atoms with Crippen LogP contribution in [-0.4, -0.2) is 60.6 Å². The van der Waals surface area contributed by atoms with Crippen molar-refractivity contribution >= 4 is 17.5 Å². The molecule has 0 spiro atoms. The third-order valence-electron chi connectivity index (χ3n) is 5.47. The van der Waals surface area contributed by atoms with Crippen molar-refractivity contribution in [1.82, 2.24) is 10.2 Å². The van der Waals surface area contributed by atoms with E-state index in [1.165, 1.54) is 0 Å². The summed E-state index contributed by atoms with van der Waals surface area (Å²) in [5.74, 6) is 0.0691. The summed E-state index contributed by atoms with van der Waals surface area (Å²) in [6.45, 7) is 11.5. The van der Waals surface area contributed by atoms with E-state index >= 15 is 0 Å². The monoisotopic (exact) mass is 373 g/mol. The lowest BCUT2D eigenvalue weighted by Gasteiger charge is -2.45. The summed E-state index contributed by atoms with van der Waals surface area (Å²) in [7, 11) is 0. The molecule has 2 aliphatic heterocycles. The fraction of sp³-hybridized carbons (Fsp3) is 0.619. The van der Waals surface area contributed by atoms with Crippen LogP contribution >= 0.6 is 0 Å². The molecule has 3 rings (SSSR count). The molecule has 0 radical (unpaired) electrons. The largest absolute Gasteiger partial charge is 0.373 e. The standard InChI is InChI=1S/C21H31N3O3/c1-15-12-23(13-16(2)27-15)21(3,4)14-22-20(26)17-7-9-18(10-8-17)24-11-5-6-19(24)25/h7-10,15-16H,5-6,11-14H2,1-4H3,(H,22,26)/t15-,16+. The summed E-state index contributed by atoms with van der Waals surface area (Å²) in [4.78, 5) is 28.6. The number of benzene rings is 1. The van der Waals surface area contributed by atoms with Crippen LogP contribution in [0.25, 0.3) is 0 Å². The molecule has 0 aliphatic carbocycles. The summed E-state index contributed by atoms with van der Waals surface area (Å²) in [5.41, 5.74) is 1.33. The first-order valence-electron chi connectivity index (χ1n) is 9.85. The number of carbonyl (C=O) groups is 2. The van der Waals surface area contributed by atoms with E-state index in [0.29, 0.717) is 18.5 Å². The zero-order chi connectivity index (χ0) is 19.6. The Balaban J connectivity index is 1.57. The Kier molecular flexibility index (Phi) is 5.86. The van der Waals surface area contributed by atoms with Gasteiger partial charge < -0.3 is 15.0 Å². The Morgan fingerprint density at radius 3 is 2.37 bits per heavy atom. The van der Waals surface area contributed by atoms with Crippen molar-refractivity contribution in [2.45, 2.75) is 58.3 Å². The number of amides is 2. The number of nitrogens with one attached hydrogen (secondary N) is 1. The van der Waals surface area contributed by atoms with E-state index in [0.717, 1.165) is 31.7 Å². The van der Waals surface area contributed by atoms with E-state index in [1.807, 2.05) is 12.1 Å². The van der Waals surface area contributed by atoms with Gasteiger partial charge in [0.05, 0.1) is 12.2 Å². The van der Waals surface area contributed by atoms with Crippen LogP contribution in [0.4, 0.5) is 5.69 Å². The van der Waals surface area contributed by atoms with Crippen LogP contribution in [0.2, 0.25) is 0 Å². The van der Waals surface area contributed by atoms with Crippen LogP contribution in [0.1, 0.15) is 50.9 Å². The molecule has 2 saturated heterocycles. The van der Waals surface area contributed by atoms with Crippen LogP contribution in [0, 0.1) is 0 Å². The van der Waals surface area contributed by atoms with E-state index in [9.17, 15) is 9.59 Å². The summed E-state index contributed by atoms with van der Waals surface area (Å²) >= 11 is 0. The maximum Gasteiger partial charge on any atom is 0.251 e. The highest BCUT2D eigenvalue weighted by atomic mass is 16.5. The second-order valence-electron chi connectivity index (χ2n) is 8.35. The summed E-state index contributed by atoms with van der Waals surface area (Å²) in [6, 6.07) is 7.30. The van der Waals surface area contributed by atoms with Gasteiger partial charge in [-0.2, -0.15) is 0 Å². The number of hydrogen-bond donors (Lipinski definition) is 1. The Hall–Kier alpha value is -1.92. The molecule has 148 valence electrons. The van der Waals surface area contributed by atoms with Crippen molar-refractivity contribution in [3.8, 4) is 0 Å². The zero-order valence-corrected chi connectivity index (χ0v) is 16.8. The molecule has 6 nitrogen and oxygen atoms in total. The molecule has 1 aromatic carbocycles. The number of carbonyl (C=O) groups excluding carboxylic acids is 2. The van der Waals surface area contributed by atoms with E-state index in [4.69, 9.17) is 4.74 Å². The van der Waals surface area contributed by atoms with Gasteiger partial charge in [-0.05, 0) is 58.4 Å². The van der Waals surface area contributed by atoms with Crippen molar-refractivity contribution in [1.29, 1.82) is 0 Å². The number of anilines is 1. The lowest BCUT2D eigenvalue weighted by molar-refractivity contribution is -0.117. The van der Waals surface area contributed by atoms with E-state index in [1.54, 1.807) is 17.0 Å². The molecule has 2 heterocycles. The normalized spacial score (nSPS) is 24.3. The molecule has 2 fully saturated rings. The van der Waals surface area contributed by atoms with Gasteiger partial charge >= 0.3 is 0 Å². The maximum atomic E-state index is 12.6. The fourth-order valence-electron chi connectivity index (χ4n) is 3.90. The Morgan fingerprint density at radius 2 is 1.81 bits per heavy atom. The first-order chi connectivity index (χ1) is 12.8. The first-order valence-corrected chi connectivity index (χ1v) is 9.85. The molecule has 1 aromatic rings. The van der Waals surface area contributed by atoms with Crippen LogP contribution in [-0.2, 0) is 9.53 Å². The van der Waals surface area contributed by atoms with Crippen LogP contribution < -0.4 is 10.2 Å². The number of morpholine rings is 1. The lowest BCUT2D eigenvalue weighted by atomic mass is 10.00. The highest BCUT2D eigenvalue weighted by Gasteiger charge is 2.33. The quantitative estimate of drug-likeness (QED) is 0.861. The minimum atomic E-state index is -0.149. The fourth-order valence-corrected chi connectivity index (χ4v) is 3.90. The van der Waals surface area contributed by atoms with Crippen LogP contribution in [0.3, 0.4) is 0 Å². The SMILES string of the molecule is C[C@@H]1CN(C(C)(C)CNC(=O)c2ccc(N3CCCC3=O)cc2)C[C@H](C)O1. The molecule has 0 saturated carbocycles. The minimum Gasteiger partial charge on any atom is -0.373 e. The van der Waals surface area contributed by atoms with Crippen molar-refractivity contribution in [3.05, 3.63) is 29.8 Å². The Morgan fingerprint density at radius 1 is 1.19 bits per heavy atom. The molecule has 0 unspecified atom stereocenters. The highest BCUT2D eigenvalue weighted by molar-refractivity contribution is 5.97. The molecule has 1 N–H and O–H groups in total. The summed E-state index contributed by atoms with van der Waals surface area (Å²) < 4.78 is 5.81. The molecule has 0 bridgehead atoms. The first kappa shape index (κ1) is 19.8. The average molecular weight is 373 g/mol. The van der Waals surface area contributed by atoms with Crippen molar-refractivity contribution in [3.63, 3.8) is 0 Å². The average Bonchev–Trinajstić information content (AvgIpc) is 3.05. The van der Waals surface area contributed by atoms with Gasteiger partial charge in [0.1, 0.15) is 0 Å². The molecular formula is C21H31N3O3. The van der Waals surface area contributed by atoms with Crippen molar-refractivity contribution < 1.29 is 14.3 Å². The van der Waals surface area contributed by atoms with Gasteiger partial charge in [-0.1, -0.05) is 0 Å². The summed E-state index contributed by atoms with van der Waals surface area (Å²) in [5, 5.41) is 3.06.